The largest absolute Gasteiger partial charge is 0.743 e. The molecule has 3 unspecified atom stereocenters. The Hall–Kier alpha value is -6.62. The van der Waals surface area contributed by atoms with Gasteiger partial charge in [0.05, 0.1) is 29.5 Å². The summed E-state index contributed by atoms with van der Waals surface area (Å²) >= 11 is 0. The van der Waals surface area contributed by atoms with Gasteiger partial charge in [-0.3, -0.25) is 8.98 Å². The van der Waals surface area contributed by atoms with Crippen LogP contribution in [-0.2, 0) is 50.3 Å². The van der Waals surface area contributed by atoms with Crippen LogP contribution in [-0.4, -0.2) is 75.0 Å². The Balaban J connectivity index is 0.000000261. The number of hydrogen-bond donors (Lipinski definition) is 1. The number of esters is 1. The minimum Gasteiger partial charge on any atom is -0.743 e. The fourth-order valence-electron chi connectivity index (χ4n) is 7.95. The van der Waals surface area contributed by atoms with E-state index in [4.69, 9.17) is 18.9 Å². The first-order valence-electron chi connectivity index (χ1n) is 29.1. The average molecular weight is 1300 g/mol. The van der Waals surface area contributed by atoms with E-state index in [1.807, 2.05) is 54.5 Å². The molecule has 486 valence electrons. The topological polar surface area (TPSA) is 175 Å². The summed E-state index contributed by atoms with van der Waals surface area (Å²) < 4.78 is 158. The number of carbonyl (C=O) groups is 1. The first-order valence-corrected chi connectivity index (χ1v) is 33.1. The second-order valence-corrected chi connectivity index (χ2v) is 27.6. The van der Waals surface area contributed by atoms with Gasteiger partial charge in [-0.25, -0.2) is 8.42 Å². The zero-order valence-corrected chi connectivity index (χ0v) is 54.7. The summed E-state index contributed by atoms with van der Waals surface area (Å²) in [4.78, 5) is 16.0. The molecule has 7 rings (SSSR count). The average Bonchev–Trinajstić information content (AvgIpc) is 1.70. The van der Waals surface area contributed by atoms with E-state index in [-0.39, 0.29) is 41.1 Å². The fraction of sp³-hybridized carbons (Fsp3) is 0.397. The molecule has 21 heteroatoms. The Kier molecular flexibility index (Phi) is 27.7. The summed E-state index contributed by atoms with van der Waals surface area (Å²) in [6, 6.07) is 56.3. The maximum absolute atomic E-state index is 13.5. The molecule has 0 fully saturated rings. The van der Waals surface area contributed by atoms with E-state index in [0.29, 0.717) is 35.5 Å². The first-order chi connectivity index (χ1) is 41.6. The Bertz CT molecular complexity index is 3480. The molecule has 12 nitrogen and oxygen atoms in total. The molecule has 89 heavy (non-hydrogen) atoms. The van der Waals surface area contributed by atoms with Gasteiger partial charge in [-0.15, -0.1) is 0 Å². The molecular weight excluding hydrogens is 1220 g/mol. The van der Waals surface area contributed by atoms with Crippen molar-refractivity contribution in [2.24, 2.45) is 5.41 Å². The summed E-state index contributed by atoms with van der Waals surface area (Å²) in [5.41, 5.74) is 3.49. The second-order valence-electron chi connectivity index (χ2n) is 22.5. The van der Waals surface area contributed by atoms with Crippen molar-refractivity contribution in [2.45, 2.75) is 163 Å². The first kappa shape index (κ1) is 74.8. The van der Waals surface area contributed by atoms with Crippen molar-refractivity contribution in [3.63, 3.8) is 0 Å². The third-order valence-corrected chi connectivity index (χ3v) is 18.8. The molecule has 0 bridgehead atoms. The van der Waals surface area contributed by atoms with E-state index in [1.54, 1.807) is 60.7 Å². The van der Waals surface area contributed by atoms with Crippen molar-refractivity contribution in [3.8, 4) is 23.0 Å². The number of hydrogen-bond acceptors (Lipinski definition) is 12. The van der Waals surface area contributed by atoms with Gasteiger partial charge in [0.2, 0.25) is 0 Å². The molecule has 0 radical (unpaired) electrons. The van der Waals surface area contributed by atoms with E-state index in [0.717, 1.165) is 30.2 Å². The molecule has 0 saturated carbocycles. The van der Waals surface area contributed by atoms with E-state index in [1.165, 1.54) is 31.2 Å². The van der Waals surface area contributed by atoms with Gasteiger partial charge in [-0.05, 0) is 177 Å². The number of phenolic OH excluding ortho intramolecular Hbond substituents is 1. The highest BCUT2D eigenvalue weighted by Crippen LogP contribution is 2.51. The predicted molar refractivity (Wildman–Crippen MR) is 337 cm³/mol. The third-order valence-electron chi connectivity index (χ3n) is 14.3. The molecular formula is C68H82F6O12S3. The quantitative estimate of drug-likeness (QED) is 0.00887. The normalized spacial score (nSPS) is 13.3. The molecule has 3 atom stereocenters. The number of benzene rings is 7. The van der Waals surface area contributed by atoms with Crippen molar-refractivity contribution in [1.29, 1.82) is 0 Å². The number of rotatable bonds is 24. The molecule has 0 aliphatic carbocycles. The monoisotopic (exact) mass is 1300 g/mol. The number of fused-ring (bicyclic) bond motifs is 1. The number of phenols is 1. The maximum Gasteiger partial charge on any atom is 0.439 e. The number of halogens is 6. The summed E-state index contributed by atoms with van der Waals surface area (Å²) in [6.45, 7) is 23.8. The molecule has 0 aliphatic heterocycles. The van der Waals surface area contributed by atoms with Gasteiger partial charge in [-0.1, -0.05) is 140 Å². The van der Waals surface area contributed by atoms with Crippen molar-refractivity contribution < 1.29 is 80.8 Å². The van der Waals surface area contributed by atoms with Gasteiger partial charge in [0.15, 0.2) is 31.1 Å². The van der Waals surface area contributed by atoms with Crippen LogP contribution in [0.4, 0.5) is 26.3 Å². The molecule has 0 spiro atoms. The maximum atomic E-state index is 13.5. The number of alkyl halides is 6. The lowest BCUT2D eigenvalue weighted by Gasteiger charge is -2.32. The molecule has 0 amide bonds. The van der Waals surface area contributed by atoms with Crippen molar-refractivity contribution in [2.75, 3.05) is 19.8 Å². The van der Waals surface area contributed by atoms with Crippen LogP contribution in [0, 0.1) is 5.41 Å². The zero-order valence-electron chi connectivity index (χ0n) is 52.3. The Morgan fingerprint density at radius 3 is 1.54 bits per heavy atom. The van der Waals surface area contributed by atoms with Crippen LogP contribution in [0.2, 0.25) is 0 Å². The SMILES string of the molecule is CC(C)(C)c1ccc([S+](c2ccccc2)c2ccccc2)cc1.CCC(C)c1ccc(OCCCOS(=O)(=O)C(F)(F)C(F)(F)C(F)(F)S(=O)(=O)[O-])cc1.CCC(C)c1ccc2cc(O)ccc2c1.CCOC(C)Oc1ccc(OC(=O)C(C)(C)CC)cc1. The summed E-state index contributed by atoms with van der Waals surface area (Å²) in [5, 5.41) is -1.97. The number of ether oxygens (including phenoxy) is 4. The van der Waals surface area contributed by atoms with Crippen LogP contribution in [0.5, 0.6) is 23.0 Å². The molecule has 0 aromatic heterocycles. The highest BCUT2D eigenvalue weighted by atomic mass is 32.2. The molecule has 7 aromatic rings. The summed E-state index contributed by atoms with van der Waals surface area (Å²) in [6.07, 6.45) is 2.04. The van der Waals surface area contributed by atoms with Crippen molar-refractivity contribution >= 4 is 47.9 Å². The minimum atomic E-state index is -7.33. The van der Waals surface area contributed by atoms with Gasteiger partial charge in [0, 0.05) is 13.0 Å². The van der Waals surface area contributed by atoms with Crippen molar-refractivity contribution in [3.05, 3.63) is 187 Å². The standard InChI is InChI=1S/C22H23S.C16H20F6O7S2.C16H24O4.C14H16O/c1-22(2,3)18-14-16-21(17-15-18)23(19-10-6-4-7-11-19)20-12-8-5-9-13-20;1-3-11(2)12-5-7-13(8-6-12)28-9-4-10-29-31(26,27)16(21,22)14(17,18)15(19,20)30(23,24)25;1-6-16(4,5)15(17)20-14-10-8-13(9-11-14)19-12(3)18-7-2;1-3-10(2)11-4-5-13-9-14(15)7-6-12(13)8-11/h4-17H,1-3H3;5-8,11H,3-4,9-10H2,1-2H3,(H,23,24,25);8-12H,6-7H2,1-5H3;4-10,15H,3H2,1-2H3/q+1;;;/p-1. The van der Waals surface area contributed by atoms with Crippen molar-refractivity contribution in [1.82, 2.24) is 0 Å². The van der Waals surface area contributed by atoms with Crippen LogP contribution >= 0.6 is 0 Å². The molecule has 0 heterocycles. The minimum absolute atomic E-state index is 0.0497. The lowest BCUT2D eigenvalue weighted by Crippen LogP contribution is -2.60. The lowest BCUT2D eigenvalue weighted by atomic mass is 9.87. The smallest absolute Gasteiger partial charge is 0.439 e. The van der Waals surface area contributed by atoms with E-state index in [9.17, 15) is 57.6 Å². The second kappa shape index (κ2) is 32.9. The highest BCUT2D eigenvalue weighted by molar-refractivity contribution is 7.97. The highest BCUT2D eigenvalue weighted by Gasteiger charge is 2.80. The predicted octanol–water partition coefficient (Wildman–Crippen LogP) is 17.6. The summed E-state index contributed by atoms with van der Waals surface area (Å²) in [7, 11) is -14.1. The van der Waals surface area contributed by atoms with Gasteiger partial charge in [-0.2, -0.15) is 34.8 Å². The van der Waals surface area contributed by atoms with Gasteiger partial charge < -0.3 is 28.6 Å². The molecule has 0 saturated heterocycles. The van der Waals surface area contributed by atoms with Crippen LogP contribution in [0.1, 0.15) is 137 Å². The third kappa shape index (κ3) is 21.0. The van der Waals surface area contributed by atoms with Gasteiger partial charge in [0.25, 0.3) is 0 Å². The Labute approximate surface area is 524 Å². The fourth-order valence-corrected chi connectivity index (χ4v) is 11.5. The molecule has 7 aromatic carbocycles. The van der Waals surface area contributed by atoms with Gasteiger partial charge in [0.1, 0.15) is 23.0 Å². The van der Waals surface area contributed by atoms with Crippen LogP contribution < -0.4 is 14.2 Å². The molecule has 0 aliphatic rings. The van der Waals surface area contributed by atoms with Crippen LogP contribution in [0.15, 0.2) is 185 Å². The Morgan fingerprint density at radius 2 is 1.04 bits per heavy atom. The molecule has 1 N–H and O–H groups in total. The van der Waals surface area contributed by atoms with E-state index in [2.05, 4.69) is 142 Å². The summed E-state index contributed by atoms with van der Waals surface area (Å²) in [5.74, 6) is -4.57. The van der Waals surface area contributed by atoms with Crippen LogP contribution in [0.3, 0.4) is 0 Å². The van der Waals surface area contributed by atoms with Gasteiger partial charge >= 0.3 is 32.5 Å². The lowest BCUT2D eigenvalue weighted by molar-refractivity contribution is -0.248. The van der Waals surface area contributed by atoms with E-state index < -0.39 is 55.1 Å². The van der Waals surface area contributed by atoms with E-state index >= 15 is 0 Å². The Morgan fingerprint density at radius 1 is 0.573 bits per heavy atom. The number of aromatic hydroxyl groups is 1. The zero-order chi connectivity index (χ0) is 66.6. The van der Waals surface area contributed by atoms with Crippen LogP contribution in [0.25, 0.3) is 10.8 Å². The number of carbonyl (C=O) groups excluding carboxylic acids is 1.